The molecule has 39 heavy (non-hydrogen) atoms. The zero-order chi connectivity index (χ0) is 27.8. The molecule has 0 amide bonds. The van der Waals surface area contributed by atoms with Crippen molar-refractivity contribution >= 4 is 18.7 Å². The van der Waals surface area contributed by atoms with Crippen LogP contribution in [0.4, 0.5) is 0 Å². The summed E-state index contributed by atoms with van der Waals surface area (Å²) in [5.74, 6) is -0.434. The van der Waals surface area contributed by atoms with E-state index in [1.54, 1.807) is 0 Å². The van der Waals surface area contributed by atoms with E-state index in [-0.39, 0.29) is 23.2 Å². The van der Waals surface area contributed by atoms with Crippen LogP contribution in [-0.4, -0.2) is 68.2 Å². The number of nitrogens with zero attached hydrogens (tertiary/aromatic N) is 3. The number of benzene rings is 2. The van der Waals surface area contributed by atoms with Crippen LogP contribution in [0.3, 0.4) is 0 Å². The molecule has 2 fully saturated rings. The molecular weight excluding hydrogens is 514 g/mol. The summed E-state index contributed by atoms with van der Waals surface area (Å²) in [6, 6.07) is 21.3. The van der Waals surface area contributed by atoms with Gasteiger partial charge in [0.1, 0.15) is 24.4 Å². The molecule has 0 unspecified atom stereocenters. The average molecular weight is 552 g/mol. The molecule has 208 valence electrons. The van der Waals surface area contributed by atoms with Crippen molar-refractivity contribution in [2.45, 2.75) is 69.9 Å². The molecule has 2 aromatic carbocycles. The SMILES string of the molecule is COc1nc(OC)nc([C@@H]2O[C@H](CO[Si](c3ccccc3)(c3ccccc3)C(C)(C)C)[C@H]3OC(C)(C)O[C@H]32)n1. The highest BCUT2D eigenvalue weighted by molar-refractivity contribution is 6.99. The van der Waals surface area contributed by atoms with Gasteiger partial charge in [-0.3, -0.25) is 0 Å². The second kappa shape index (κ2) is 10.6. The Morgan fingerprint density at radius 2 is 1.31 bits per heavy atom. The predicted molar refractivity (Wildman–Crippen MR) is 148 cm³/mol. The molecule has 0 radical (unpaired) electrons. The molecular formula is C29H37N3O6Si. The monoisotopic (exact) mass is 551 g/mol. The number of hydrogen-bond donors (Lipinski definition) is 0. The van der Waals surface area contributed by atoms with Gasteiger partial charge in [0.15, 0.2) is 11.6 Å². The number of rotatable bonds is 8. The van der Waals surface area contributed by atoms with E-state index < -0.39 is 32.4 Å². The molecule has 2 aliphatic heterocycles. The molecule has 4 atom stereocenters. The Hall–Kier alpha value is -2.89. The average Bonchev–Trinajstić information content (AvgIpc) is 3.42. The summed E-state index contributed by atoms with van der Waals surface area (Å²) >= 11 is 0. The zero-order valence-electron chi connectivity index (χ0n) is 23.6. The van der Waals surface area contributed by atoms with E-state index in [4.69, 9.17) is 28.1 Å². The van der Waals surface area contributed by atoms with Crippen LogP contribution >= 0.6 is 0 Å². The van der Waals surface area contributed by atoms with Crippen LogP contribution in [0.25, 0.3) is 0 Å². The summed E-state index contributed by atoms with van der Waals surface area (Å²) in [4.78, 5) is 13.0. The van der Waals surface area contributed by atoms with Crippen molar-refractivity contribution < 1.29 is 28.1 Å². The topological polar surface area (TPSA) is 94.1 Å². The molecule has 0 spiro atoms. The maximum Gasteiger partial charge on any atom is 0.322 e. The van der Waals surface area contributed by atoms with E-state index in [0.29, 0.717) is 12.4 Å². The highest BCUT2D eigenvalue weighted by atomic mass is 28.4. The lowest BCUT2D eigenvalue weighted by atomic mass is 10.1. The van der Waals surface area contributed by atoms with Gasteiger partial charge in [-0.1, -0.05) is 81.4 Å². The van der Waals surface area contributed by atoms with Gasteiger partial charge in [0, 0.05) is 0 Å². The summed E-state index contributed by atoms with van der Waals surface area (Å²) in [5.41, 5.74) is 0. The third kappa shape index (κ3) is 5.19. The van der Waals surface area contributed by atoms with E-state index in [2.05, 4.69) is 84.3 Å². The lowest BCUT2D eigenvalue weighted by molar-refractivity contribution is -0.191. The van der Waals surface area contributed by atoms with Crippen molar-refractivity contribution in [1.29, 1.82) is 0 Å². The first kappa shape index (κ1) is 27.7. The third-order valence-corrected chi connectivity index (χ3v) is 12.3. The van der Waals surface area contributed by atoms with Gasteiger partial charge in [-0.2, -0.15) is 9.97 Å². The first-order chi connectivity index (χ1) is 18.6. The van der Waals surface area contributed by atoms with Crippen molar-refractivity contribution in [3.8, 4) is 12.0 Å². The highest BCUT2D eigenvalue weighted by Crippen LogP contribution is 2.45. The largest absolute Gasteiger partial charge is 0.467 e. The minimum absolute atomic E-state index is 0.141. The van der Waals surface area contributed by atoms with Gasteiger partial charge in [-0.15, -0.1) is 4.98 Å². The highest BCUT2D eigenvalue weighted by Gasteiger charge is 2.58. The number of hydrogen-bond acceptors (Lipinski definition) is 9. The van der Waals surface area contributed by atoms with Crippen molar-refractivity contribution in [2.24, 2.45) is 0 Å². The molecule has 0 bridgehead atoms. The van der Waals surface area contributed by atoms with Crippen LogP contribution in [0.1, 0.15) is 46.5 Å². The maximum atomic E-state index is 7.18. The number of ether oxygens (including phenoxy) is 5. The standard InChI is InChI=1S/C29H37N3O6Si/c1-28(2,3)39(19-14-10-8-11-15-19,20-16-12-9-13-17-20)35-18-21-22-23(38-29(4,5)37-22)24(36-21)25-30-26(33-6)32-27(31-25)34-7/h8-17,21-24H,18H2,1-7H3/t21-,22-,23-,24-/m1/s1. The van der Waals surface area contributed by atoms with Crippen LogP contribution < -0.4 is 19.8 Å². The van der Waals surface area contributed by atoms with E-state index in [9.17, 15) is 0 Å². The van der Waals surface area contributed by atoms with Gasteiger partial charge >= 0.3 is 12.0 Å². The van der Waals surface area contributed by atoms with Crippen molar-refractivity contribution in [3.05, 3.63) is 66.5 Å². The molecule has 3 heterocycles. The molecule has 10 heteroatoms. The fourth-order valence-electron chi connectivity index (χ4n) is 5.66. The summed E-state index contributed by atoms with van der Waals surface area (Å²) in [7, 11) is 0.207. The number of aromatic nitrogens is 3. The lowest BCUT2D eigenvalue weighted by Gasteiger charge is -2.43. The summed E-state index contributed by atoms with van der Waals surface area (Å²) in [6.45, 7) is 10.9. The molecule has 5 rings (SSSR count). The molecule has 2 saturated heterocycles. The Morgan fingerprint density at radius 3 is 1.79 bits per heavy atom. The zero-order valence-corrected chi connectivity index (χ0v) is 24.6. The van der Waals surface area contributed by atoms with E-state index in [1.807, 2.05) is 26.0 Å². The fraction of sp³-hybridized carbons (Fsp3) is 0.483. The van der Waals surface area contributed by atoms with E-state index in [1.165, 1.54) is 24.6 Å². The first-order valence-electron chi connectivity index (χ1n) is 13.2. The van der Waals surface area contributed by atoms with Gasteiger partial charge in [0.05, 0.1) is 20.8 Å². The van der Waals surface area contributed by atoms with Crippen molar-refractivity contribution in [3.63, 3.8) is 0 Å². The Balaban J connectivity index is 1.51. The third-order valence-electron chi connectivity index (χ3n) is 7.26. The second-order valence-electron chi connectivity index (χ2n) is 11.3. The molecule has 2 aliphatic rings. The quantitative estimate of drug-likeness (QED) is 0.390. The smallest absolute Gasteiger partial charge is 0.322 e. The van der Waals surface area contributed by atoms with Crippen LogP contribution in [0.2, 0.25) is 5.04 Å². The van der Waals surface area contributed by atoms with Gasteiger partial charge in [-0.25, -0.2) is 0 Å². The normalized spacial score (nSPS) is 24.4. The molecule has 9 nitrogen and oxygen atoms in total. The maximum absolute atomic E-state index is 7.18. The van der Waals surface area contributed by atoms with Crippen LogP contribution in [0, 0.1) is 0 Å². The van der Waals surface area contributed by atoms with E-state index >= 15 is 0 Å². The van der Waals surface area contributed by atoms with Gasteiger partial charge in [0.2, 0.25) is 0 Å². The Kier molecular flexibility index (Phi) is 7.51. The number of fused-ring (bicyclic) bond motifs is 1. The minimum atomic E-state index is -2.78. The lowest BCUT2D eigenvalue weighted by Crippen LogP contribution is -2.67. The molecule has 0 N–H and O–H groups in total. The minimum Gasteiger partial charge on any atom is -0.467 e. The van der Waals surface area contributed by atoms with Crippen LogP contribution in [-0.2, 0) is 18.6 Å². The molecule has 1 aromatic heterocycles. The van der Waals surface area contributed by atoms with Crippen molar-refractivity contribution in [2.75, 3.05) is 20.8 Å². The van der Waals surface area contributed by atoms with Crippen LogP contribution in [0.15, 0.2) is 60.7 Å². The Morgan fingerprint density at radius 1 is 0.795 bits per heavy atom. The molecule has 0 saturated carbocycles. The predicted octanol–water partition coefficient (Wildman–Crippen LogP) is 3.43. The second-order valence-corrected chi connectivity index (χ2v) is 15.6. The Labute approximate surface area is 230 Å². The molecule has 0 aliphatic carbocycles. The summed E-state index contributed by atoms with van der Waals surface area (Å²) < 4.78 is 37.0. The summed E-state index contributed by atoms with van der Waals surface area (Å²) in [5, 5.41) is 2.23. The Bertz CT molecular complexity index is 1210. The fourth-order valence-corrected chi connectivity index (χ4v) is 10.2. The van der Waals surface area contributed by atoms with Crippen LogP contribution in [0.5, 0.6) is 12.0 Å². The number of methoxy groups -OCH3 is 2. The first-order valence-corrected chi connectivity index (χ1v) is 15.1. The van der Waals surface area contributed by atoms with E-state index in [0.717, 1.165) is 0 Å². The van der Waals surface area contributed by atoms with Gasteiger partial charge in [-0.05, 0) is 29.3 Å². The van der Waals surface area contributed by atoms with Gasteiger partial charge in [0.25, 0.3) is 8.32 Å². The molecule has 3 aromatic rings. The van der Waals surface area contributed by atoms with Crippen molar-refractivity contribution in [1.82, 2.24) is 15.0 Å². The van der Waals surface area contributed by atoms with Gasteiger partial charge < -0.3 is 28.1 Å². The summed E-state index contributed by atoms with van der Waals surface area (Å²) in [6.07, 6.45) is -1.85.